The highest BCUT2D eigenvalue weighted by molar-refractivity contribution is 6.04. The molecule has 3 heteroatoms. The molecular weight excluding hydrogens is 204 g/mol. The molecule has 0 saturated carbocycles. The molecule has 0 saturated heterocycles. The van der Waals surface area contributed by atoms with Gasteiger partial charge in [0.25, 0.3) is 0 Å². The van der Waals surface area contributed by atoms with Crippen LogP contribution < -0.4 is 0 Å². The standard InChI is InChI=1S/C13H12O3/c14-8-7-9-5-6-12(13(15)16)11-4-2-1-3-10(9)11/h1-6,14H,7-8H2,(H,15,16). The van der Waals surface area contributed by atoms with Gasteiger partial charge < -0.3 is 10.2 Å². The van der Waals surface area contributed by atoms with Gasteiger partial charge in [-0.1, -0.05) is 30.3 Å². The number of hydrogen-bond acceptors (Lipinski definition) is 2. The maximum Gasteiger partial charge on any atom is 0.336 e. The van der Waals surface area contributed by atoms with Crippen LogP contribution in [0.2, 0.25) is 0 Å². The van der Waals surface area contributed by atoms with Gasteiger partial charge in [0.15, 0.2) is 0 Å². The van der Waals surface area contributed by atoms with E-state index in [9.17, 15) is 4.79 Å². The van der Waals surface area contributed by atoms with E-state index < -0.39 is 5.97 Å². The Bertz CT molecular complexity index is 532. The fourth-order valence-corrected chi connectivity index (χ4v) is 1.89. The number of hydrogen-bond donors (Lipinski definition) is 2. The summed E-state index contributed by atoms with van der Waals surface area (Å²) in [5.41, 5.74) is 1.28. The van der Waals surface area contributed by atoms with Crippen LogP contribution in [0.3, 0.4) is 0 Å². The van der Waals surface area contributed by atoms with Gasteiger partial charge in [-0.3, -0.25) is 0 Å². The van der Waals surface area contributed by atoms with Crippen LogP contribution in [0.1, 0.15) is 15.9 Å². The maximum atomic E-state index is 11.0. The SMILES string of the molecule is O=C(O)c1ccc(CCO)c2ccccc12. The van der Waals surface area contributed by atoms with Crippen molar-refractivity contribution in [2.75, 3.05) is 6.61 Å². The highest BCUT2D eigenvalue weighted by Crippen LogP contribution is 2.23. The number of fused-ring (bicyclic) bond motifs is 1. The molecule has 0 fully saturated rings. The Balaban J connectivity index is 2.71. The van der Waals surface area contributed by atoms with Crippen LogP contribution in [0.15, 0.2) is 36.4 Å². The first-order chi connectivity index (χ1) is 7.74. The van der Waals surface area contributed by atoms with Crippen LogP contribution in [0.25, 0.3) is 10.8 Å². The maximum absolute atomic E-state index is 11.0. The molecule has 0 atom stereocenters. The summed E-state index contributed by atoms with van der Waals surface area (Å²) in [6, 6.07) is 10.7. The van der Waals surface area contributed by atoms with Crippen LogP contribution in [0, 0.1) is 0 Å². The van der Waals surface area contributed by atoms with E-state index in [0.717, 1.165) is 16.3 Å². The summed E-state index contributed by atoms with van der Waals surface area (Å²) >= 11 is 0. The van der Waals surface area contributed by atoms with E-state index in [1.54, 1.807) is 18.2 Å². The van der Waals surface area contributed by atoms with Crippen molar-refractivity contribution in [2.45, 2.75) is 6.42 Å². The van der Waals surface area contributed by atoms with Crippen molar-refractivity contribution in [1.82, 2.24) is 0 Å². The molecule has 82 valence electrons. The highest BCUT2D eigenvalue weighted by atomic mass is 16.4. The van der Waals surface area contributed by atoms with Crippen LogP contribution in [0.5, 0.6) is 0 Å². The zero-order valence-electron chi connectivity index (χ0n) is 8.68. The summed E-state index contributed by atoms with van der Waals surface area (Å²) in [4.78, 5) is 11.0. The smallest absolute Gasteiger partial charge is 0.336 e. The molecule has 2 aromatic carbocycles. The lowest BCUT2D eigenvalue weighted by molar-refractivity contribution is 0.0699. The van der Waals surface area contributed by atoms with Gasteiger partial charge in [-0.05, 0) is 28.8 Å². The topological polar surface area (TPSA) is 57.5 Å². The first kappa shape index (κ1) is 10.6. The molecule has 0 bridgehead atoms. The first-order valence-corrected chi connectivity index (χ1v) is 5.09. The van der Waals surface area contributed by atoms with Crippen LogP contribution in [-0.2, 0) is 6.42 Å². The number of benzene rings is 2. The lowest BCUT2D eigenvalue weighted by atomic mass is 9.98. The number of aromatic carboxylic acids is 1. The molecule has 0 aromatic heterocycles. The molecule has 2 rings (SSSR count). The number of carbonyl (C=O) groups is 1. The quantitative estimate of drug-likeness (QED) is 0.825. The predicted octanol–water partition coefficient (Wildman–Crippen LogP) is 2.07. The number of rotatable bonds is 3. The van der Waals surface area contributed by atoms with Crippen molar-refractivity contribution in [3.8, 4) is 0 Å². The van der Waals surface area contributed by atoms with E-state index in [1.807, 2.05) is 18.2 Å². The number of carboxylic acid groups (broad SMARTS) is 1. The average molecular weight is 216 g/mol. The predicted molar refractivity (Wildman–Crippen MR) is 61.7 cm³/mol. The molecule has 2 N–H and O–H groups in total. The summed E-state index contributed by atoms with van der Waals surface area (Å²) in [5, 5.41) is 19.6. The monoisotopic (exact) mass is 216 g/mol. The minimum Gasteiger partial charge on any atom is -0.478 e. The summed E-state index contributed by atoms with van der Waals surface area (Å²) in [6.07, 6.45) is 0.542. The molecule has 3 nitrogen and oxygen atoms in total. The highest BCUT2D eigenvalue weighted by Gasteiger charge is 2.10. The zero-order valence-corrected chi connectivity index (χ0v) is 8.68. The summed E-state index contributed by atoms with van der Waals surface area (Å²) < 4.78 is 0. The second-order valence-electron chi connectivity index (χ2n) is 3.60. The Labute approximate surface area is 93.0 Å². The molecule has 0 spiro atoms. The van der Waals surface area contributed by atoms with E-state index in [-0.39, 0.29) is 6.61 Å². The molecular formula is C13H12O3. The zero-order chi connectivity index (χ0) is 11.5. The van der Waals surface area contributed by atoms with E-state index in [2.05, 4.69) is 0 Å². The van der Waals surface area contributed by atoms with Crippen molar-refractivity contribution in [1.29, 1.82) is 0 Å². The second-order valence-corrected chi connectivity index (χ2v) is 3.60. The number of aliphatic hydroxyl groups is 1. The fourth-order valence-electron chi connectivity index (χ4n) is 1.89. The third-order valence-electron chi connectivity index (χ3n) is 2.63. The number of aliphatic hydroxyl groups excluding tert-OH is 1. The van der Waals surface area contributed by atoms with E-state index in [0.29, 0.717) is 12.0 Å². The Hall–Kier alpha value is -1.87. The Morgan fingerprint density at radius 3 is 2.38 bits per heavy atom. The first-order valence-electron chi connectivity index (χ1n) is 5.09. The summed E-state index contributed by atoms with van der Waals surface area (Å²) in [7, 11) is 0. The van der Waals surface area contributed by atoms with Crippen molar-refractivity contribution in [2.24, 2.45) is 0 Å². The molecule has 16 heavy (non-hydrogen) atoms. The van der Waals surface area contributed by atoms with Gasteiger partial charge in [-0.25, -0.2) is 4.79 Å². The molecule has 0 aliphatic heterocycles. The van der Waals surface area contributed by atoms with E-state index >= 15 is 0 Å². The van der Waals surface area contributed by atoms with Gasteiger partial charge >= 0.3 is 5.97 Å². The molecule has 0 aliphatic carbocycles. The van der Waals surface area contributed by atoms with Crippen molar-refractivity contribution in [3.05, 3.63) is 47.5 Å². The van der Waals surface area contributed by atoms with Crippen molar-refractivity contribution >= 4 is 16.7 Å². The van der Waals surface area contributed by atoms with Gasteiger partial charge in [0.2, 0.25) is 0 Å². The number of carboxylic acids is 1. The Morgan fingerprint density at radius 2 is 1.75 bits per heavy atom. The molecule has 2 aromatic rings. The lowest BCUT2D eigenvalue weighted by Crippen LogP contribution is -2.00. The minimum atomic E-state index is -0.924. The van der Waals surface area contributed by atoms with Crippen LogP contribution in [-0.4, -0.2) is 22.8 Å². The third-order valence-corrected chi connectivity index (χ3v) is 2.63. The van der Waals surface area contributed by atoms with Gasteiger partial charge in [0.05, 0.1) is 5.56 Å². The van der Waals surface area contributed by atoms with E-state index in [4.69, 9.17) is 10.2 Å². The molecule has 0 radical (unpaired) electrons. The van der Waals surface area contributed by atoms with Gasteiger partial charge in [-0.15, -0.1) is 0 Å². The van der Waals surface area contributed by atoms with Gasteiger partial charge in [-0.2, -0.15) is 0 Å². The van der Waals surface area contributed by atoms with Crippen LogP contribution >= 0.6 is 0 Å². The second kappa shape index (κ2) is 4.33. The summed E-state index contributed by atoms with van der Waals surface area (Å²) in [6.45, 7) is 0.0659. The van der Waals surface area contributed by atoms with Crippen molar-refractivity contribution in [3.63, 3.8) is 0 Å². The van der Waals surface area contributed by atoms with Gasteiger partial charge in [0.1, 0.15) is 0 Å². The van der Waals surface area contributed by atoms with Gasteiger partial charge in [0, 0.05) is 6.61 Å². The largest absolute Gasteiger partial charge is 0.478 e. The molecule has 0 amide bonds. The fraction of sp³-hybridized carbons (Fsp3) is 0.154. The Morgan fingerprint density at radius 1 is 1.06 bits per heavy atom. The molecule has 0 aliphatic rings. The summed E-state index contributed by atoms with van der Waals surface area (Å²) in [5.74, 6) is -0.924. The lowest BCUT2D eigenvalue weighted by Gasteiger charge is -2.07. The van der Waals surface area contributed by atoms with E-state index in [1.165, 1.54) is 0 Å². The third kappa shape index (κ3) is 1.77. The average Bonchev–Trinajstić information content (AvgIpc) is 2.29. The van der Waals surface area contributed by atoms with Crippen LogP contribution in [0.4, 0.5) is 0 Å². The molecule has 0 unspecified atom stereocenters. The minimum absolute atomic E-state index is 0.0659. The Kier molecular flexibility index (Phi) is 2.88. The van der Waals surface area contributed by atoms with Crippen molar-refractivity contribution < 1.29 is 15.0 Å². The normalized spacial score (nSPS) is 10.6. The molecule has 0 heterocycles.